The number of thiophene rings is 1. The molecule has 0 saturated carbocycles. The molecule has 0 aliphatic heterocycles. The van der Waals surface area contributed by atoms with Gasteiger partial charge in [-0.15, -0.1) is 11.3 Å². The fourth-order valence-corrected chi connectivity index (χ4v) is 4.95. The quantitative estimate of drug-likeness (QED) is 0.266. The molecule has 2 nitrogen and oxygen atoms in total. The summed E-state index contributed by atoms with van der Waals surface area (Å²) in [5.74, 6) is 0.948. The van der Waals surface area contributed by atoms with Crippen LogP contribution < -0.4 is 9.64 Å². The Morgan fingerprint density at radius 2 is 1.42 bits per heavy atom. The Hall–Kier alpha value is -3.30. The van der Waals surface area contributed by atoms with Crippen molar-refractivity contribution in [2.24, 2.45) is 0 Å². The second-order valence-electron chi connectivity index (χ2n) is 7.81. The van der Waals surface area contributed by atoms with Crippen molar-refractivity contribution in [3.63, 3.8) is 0 Å². The first-order chi connectivity index (χ1) is 15.3. The lowest BCUT2D eigenvalue weighted by atomic mass is 10.1. The Kier molecular flexibility index (Phi) is 5.59. The maximum absolute atomic E-state index is 6.63. The molecule has 31 heavy (non-hydrogen) atoms. The van der Waals surface area contributed by atoms with Crippen LogP contribution in [0.3, 0.4) is 0 Å². The van der Waals surface area contributed by atoms with Gasteiger partial charge < -0.3 is 9.64 Å². The third-order valence-electron chi connectivity index (χ3n) is 5.78. The third-order valence-corrected chi connectivity index (χ3v) is 6.75. The van der Waals surface area contributed by atoms with Crippen LogP contribution in [0.4, 0.5) is 5.69 Å². The largest absolute Gasteiger partial charge is 0.484 e. The second kappa shape index (κ2) is 8.83. The molecule has 4 aromatic carbocycles. The summed E-state index contributed by atoms with van der Waals surface area (Å²) >= 11 is 1.76. The highest BCUT2D eigenvalue weighted by Crippen LogP contribution is 2.34. The van der Waals surface area contributed by atoms with Gasteiger partial charge in [0, 0.05) is 41.4 Å². The minimum absolute atomic E-state index is 0.0169. The monoisotopic (exact) mass is 423 g/mol. The maximum Gasteiger partial charge on any atom is 0.135 e. The lowest BCUT2D eigenvalue weighted by Gasteiger charge is -2.25. The van der Waals surface area contributed by atoms with Gasteiger partial charge in [0.15, 0.2) is 0 Å². The molecule has 5 rings (SSSR count). The van der Waals surface area contributed by atoms with E-state index in [0.717, 1.165) is 24.1 Å². The summed E-state index contributed by atoms with van der Waals surface area (Å²) in [5, 5.41) is 7.05. The molecule has 0 saturated heterocycles. The van der Waals surface area contributed by atoms with Crippen LogP contribution in [-0.2, 0) is 0 Å². The van der Waals surface area contributed by atoms with E-state index >= 15 is 0 Å². The van der Waals surface area contributed by atoms with Gasteiger partial charge in [0.2, 0.25) is 0 Å². The first-order valence-corrected chi connectivity index (χ1v) is 11.5. The van der Waals surface area contributed by atoms with E-state index in [0.29, 0.717) is 0 Å². The maximum atomic E-state index is 6.63. The lowest BCUT2D eigenvalue weighted by molar-refractivity contribution is 0.203. The molecule has 0 bridgehead atoms. The second-order valence-corrected chi connectivity index (χ2v) is 8.79. The molecule has 0 aliphatic rings. The third kappa shape index (κ3) is 4.14. The highest BCUT2D eigenvalue weighted by Gasteiger charge is 2.18. The van der Waals surface area contributed by atoms with Crippen LogP contribution >= 0.6 is 11.3 Å². The molecule has 0 unspecified atom stereocenters. The van der Waals surface area contributed by atoms with Crippen molar-refractivity contribution < 1.29 is 4.74 Å². The van der Waals surface area contributed by atoms with Crippen LogP contribution in [0, 0.1) is 0 Å². The van der Waals surface area contributed by atoms with Crippen molar-refractivity contribution >= 4 is 38.6 Å². The van der Waals surface area contributed by atoms with E-state index in [1.165, 1.54) is 26.7 Å². The predicted molar refractivity (Wildman–Crippen MR) is 133 cm³/mol. The minimum Gasteiger partial charge on any atom is -0.484 e. The number of anilines is 1. The Labute approximate surface area is 187 Å². The zero-order valence-corrected chi connectivity index (χ0v) is 18.4. The number of nitrogens with zero attached hydrogens (tertiary/aromatic N) is 1. The van der Waals surface area contributed by atoms with Gasteiger partial charge in [0.1, 0.15) is 11.9 Å². The van der Waals surface area contributed by atoms with Crippen molar-refractivity contribution in [2.45, 2.75) is 12.5 Å². The summed E-state index contributed by atoms with van der Waals surface area (Å²) in [5.41, 5.74) is 1.26. The minimum atomic E-state index is 0.0169. The van der Waals surface area contributed by atoms with E-state index in [4.69, 9.17) is 4.74 Å². The molecular formula is C28H25NOS. The summed E-state index contributed by atoms with van der Waals surface area (Å²) in [6, 6.07) is 34.1. The SMILES string of the molecule is CN(CC[C@H](Oc1cccc2ccccc12)c1cccs1)c1cccc2ccccc12. The number of ether oxygens (including phenoxy) is 1. The smallest absolute Gasteiger partial charge is 0.135 e. The zero-order chi connectivity index (χ0) is 21.0. The Balaban J connectivity index is 1.40. The standard InChI is InChI=1S/C28H25NOS/c1-29(25-15-6-11-21-9-2-4-13-23(21)25)19-18-27(28-17-8-20-31-28)30-26-16-7-12-22-10-3-5-14-24(22)26/h2-17,20,27H,18-19H2,1H3/t27-/m0/s1. The van der Waals surface area contributed by atoms with Gasteiger partial charge in [0.25, 0.3) is 0 Å². The Morgan fingerprint density at radius 1 is 0.742 bits per heavy atom. The predicted octanol–water partition coefficient (Wildman–Crippen LogP) is 7.70. The topological polar surface area (TPSA) is 12.5 Å². The van der Waals surface area contributed by atoms with Crippen molar-refractivity contribution in [2.75, 3.05) is 18.5 Å². The summed E-state index contributed by atoms with van der Waals surface area (Å²) in [6.07, 6.45) is 0.923. The van der Waals surface area contributed by atoms with E-state index in [1.54, 1.807) is 11.3 Å². The van der Waals surface area contributed by atoms with Gasteiger partial charge in [-0.1, -0.05) is 78.9 Å². The van der Waals surface area contributed by atoms with Crippen LogP contribution in [0.25, 0.3) is 21.5 Å². The van der Waals surface area contributed by atoms with Crippen LogP contribution in [0.2, 0.25) is 0 Å². The van der Waals surface area contributed by atoms with Crippen LogP contribution in [0.1, 0.15) is 17.4 Å². The van der Waals surface area contributed by atoms with E-state index < -0.39 is 0 Å². The molecule has 1 aromatic heterocycles. The highest BCUT2D eigenvalue weighted by atomic mass is 32.1. The zero-order valence-electron chi connectivity index (χ0n) is 17.6. The fraction of sp³-hybridized carbons (Fsp3) is 0.143. The van der Waals surface area contributed by atoms with Crippen molar-refractivity contribution in [3.05, 3.63) is 107 Å². The van der Waals surface area contributed by atoms with Gasteiger partial charge >= 0.3 is 0 Å². The molecule has 1 atom stereocenters. The molecule has 3 heteroatoms. The Bertz CT molecular complexity index is 1280. The lowest BCUT2D eigenvalue weighted by Crippen LogP contribution is -2.22. The van der Waals surface area contributed by atoms with Crippen molar-refractivity contribution in [1.82, 2.24) is 0 Å². The summed E-state index contributed by atoms with van der Waals surface area (Å²) < 4.78 is 6.63. The first-order valence-electron chi connectivity index (χ1n) is 10.7. The van der Waals surface area contributed by atoms with Crippen LogP contribution in [0.15, 0.2) is 102 Å². The molecule has 0 amide bonds. The number of fused-ring (bicyclic) bond motifs is 2. The van der Waals surface area contributed by atoms with Gasteiger partial charge in [-0.25, -0.2) is 0 Å². The number of benzene rings is 4. The van der Waals surface area contributed by atoms with Crippen LogP contribution in [0.5, 0.6) is 5.75 Å². The van der Waals surface area contributed by atoms with Gasteiger partial charge in [0.05, 0.1) is 0 Å². The summed E-state index contributed by atoms with van der Waals surface area (Å²) in [6.45, 7) is 0.904. The number of rotatable bonds is 7. The van der Waals surface area contributed by atoms with E-state index in [-0.39, 0.29) is 6.10 Å². The molecule has 0 aliphatic carbocycles. The van der Waals surface area contributed by atoms with Gasteiger partial charge in [-0.3, -0.25) is 0 Å². The summed E-state index contributed by atoms with van der Waals surface area (Å²) in [4.78, 5) is 3.61. The van der Waals surface area contributed by atoms with E-state index in [2.05, 4.69) is 114 Å². The van der Waals surface area contributed by atoms with Gasteiger partial charge in [-0.05, 0) is 34.4 Å². The molecular weight excluding hydrogens is 398 g/mol. The number of hydrogen-bond acceptors (Lipinski definition) is 3. The van der Waals surface area contributed by atoms with Gasteiger partial charge in [-0.2, -0.15) is 0 Å². The molecule has 0 spiro atoms. The average molecular weight is 424 g/mol. The number of hydrogen-bond donors (Lipinski definition) is 0. The van der Waals surface area contributed by atoms with E-state index in [9.17, 15) is 0 Å². The highest BCUT2D eigenvalue weighted by molar-refractivity contribution is 7.10. The van der Waals surface area contributed by atoms with Crippen LogP contribution in [-0.4, -0.2) is 13.6 Å². The molecule has 0 radical (unpaired) electrons. The molecule has 154 valence electrons. The molecule has 1 heterocycles. The molecule has 5 aromatic rings. The molecule has 0 fully saturated rings. The normalized spacial score (nSPS) is 12.2. The molecule has 0 N–H and O–H groups in total. The average Bonchev–Trinajstić information content (AvgIpc) is 3.36. The Morgan fingerprint density at radius 3 is 2.19 bits per heavy atom. The van der Waals surface area contributed by atoms with E-state index in [1.807, 2.05) is 0 Å². The van der Waals surface area contributed by atoms with Crippen molar-refractivity contribution in [3.8, 4) is 5.75 Å². The summed E-state index contributed by atoms with van der Waals surface area (Å²) in [7, 11) is 2.17. The fourth-order valence-electron chi connectivity index (χ4n) is 4.16. The van der Waals surface area contributed by atoms with Crippen molar-refractivity contribution in [1.29, 1.82) is 0 Å². The first kappa shape index (κ1) is 19.7.